The molecule has 134 valence electrons. The molecule has 7 rings (SSSR count). The van der Waals surface area contributed by atoms with Crippen molar-refractivity contribution in [1.29, 1.82) is 0 Å². The maximum atomic E-state index is 2.38. The first kappa shape index (κ1) is 15.3. The molecule has 0 heteroatoms. The molecule has 0 amide bonds. The van der Waals surface area contributed by atoms with Gasteiger partial charge in [-0.15, -0.1) is 0 Å². The van der Waals surface area contributed by atoms with Crippen LogP contribution in [-0.2, 0) is 6.42 Å². The van der Waals surface area contributed by atoms with E-state index in [1.807, 2.05) is 0 Å². The summed E-state index contributed by atoms with van der Waals surface area (Å²) < 4.78 is 0. The van der Waals surface area contributed by atoms with Gasteiger partial charge in [0.15, 0.2) is 0 Å². The van der Waals surface area contributed by atoms with E-state index in [4.69, 9.17) is 0 Å². The molecule has 29 heavy (non-hydrogen) atoms. The van der Waals surface area contributed by atoms with Crippen LogP contribution in [0, 0.1) is 0 Å². The average Bonchev–Trinajstić information content (AvgIpc) is 3.17. The minimum absolute atomic E-state index is 1.02. The summed E-state index contributed by atoms with van der Waals surface area (Å²) in [6.45, 7) is 0. The Morgan fingerprint density at radius 2 is 1.17 bits per heavy atom. The Hall–Kier alpha value is -3.64. The van der Waals surface area contributed by atoms with Crippen molar-refractivity contribution < 1.29 is 0 Å². The van der Waals surface area contributed by atoms with Gasteiger partial charge in [-0.25, -0.2) is 0 Å². The molecule has 0 N–H and O–H groups in total. The highest BCUT2D eigenvalue weighted by Crippen LogP contribution is 2.45. The fourth-order valence-electron chi connectivity index (χ4n) is 5.29. The van der Waals surface area contributed by atoms with Gasteiger partial charge < -0.3 is 0 Å². The van der Waals surface area contributed by atoms with Gasteiger partial charge in [0, 0.05) is 0 Å². The molecule has 0 unspecified atom stereocenters. The van der Waals surface area contributed by atoms with E-state index >= 15 is 0 Å². The summed E-state index contributed by atoms with van der Waals surface area (Å²) in [5.74, 6) is 0. The monoisotopic (exact) mass is 366 g/mol. The van der Waals surface area contributed by atoms with Crippen molar-refractivity contribution in [3.63, 3.8) is 0 Å². The molecule has 1 aliphatic rings. The van der Waals surface area contributed by atoms with Gasteiger partial charge in [-0.3, -0.25) is 0 Å². The molecular formula is C29H18. The first-order valence-corrected chi connectivity index (χ1v) is 10.2. The number of rotatable bonds is 0. The molecule has 0 aliphatic heterocycles. The molecule has 0 spiro atoms. The Bertz CT molecular complexity index is 1620. The zero-order chi connectivity index (χ0) is 18.9. The second-order valence-corrected chi connectivity index (χ2v) is 8.17. The van der Waals surface area contributed by atoms with Crippen LogP contribution < -0.4 is 0 Å². The predicted octanol–water partition coefficient (Wildman–Crippen LogP) is 7.87. The molecule has 0 fully saturated rings. The summed E-state index contributed by atoms with van der Waals surface area (Å²) in [6, 6.07) is 36.0. The molecule has 0 radical (unpaired) electrons. The molecule has 0 heterocycles. The van der Waals surface area contributed by atoms with Crippen LogP contribution in [0.15, 0.2) is 97.1 Å². The van der Waals surface area contributed by atoms with Gasteiger partial charge in [-0.1, -0.05) is 84.9 Å². The molecular weight excluding hydrogens is 348 g/mol. The van der Waals surface area contributed by atoms with Gasteiger partial charge in [0.2, 0.25) is 0 Å². The number of benzene rings is 6. The van der Waals surface area contributed by atoms with Crippen molar-refractivity contribution in [2.75, 3.05) is 0 Å². The van der Waals surface area contributed by atoms with Gasteiger partial charge in [0.1, 0.15) is 0 Å². The second kappa shape index (κ2) is 5.46. The standard InChI is InChI=1S/C29H18/c1-2-7-20-16-27-21(15-19(20)6-1)9-10-22-17-28-25-12-11-18-5-3-4-8-23(18)24(25)13-14-26(28)29(22)27/h1-16H,17H2. The van der Waals surface area contributed by atoms with Crippen LogP contribution in [0.2, 0.25) is 0 Å². The molecule has 0 saturated carbocycles. The highest BCUT2D eigenvalue weighted by atomic mass is 14.3. The van der Waals surface area contributed by atoms with E-state index in [-0.39, 0.29) is 0 Å². The third-order valence-electron chi connectivity index (χ3n) is 6.65. The van der Waals surface area contributed by atoms with Crippen LogP contribution in [0.1, 0.15) is 11.1 Å². The fourth-order valence-corrected chi connectivity index (χ4v) is 5.29. The van der Waals surface area contributed by atoms with Crippen LogP contribution >= 0.6 is 0 Å². The van der Waals surface area contributed by atoms with E-state index < -0.39 is 0 Å². The first-order chi connectivity index (χ1) is 14.4. The quantitative estimate of drug-likeness (QED) is 0.189. The van der Waals surface area contributed by atoms with Gasteiger partial charge in [-0.05, 0) is 83.9 Å². The Labute approximate surface area is 169 Å². The lowest BCUT2D eigenvalue weighted by atomic mass is 9.93. The normalized spacial score (nSPS) is 12.7. The van der Waals surface area contributed by atoms with E-state index in [9.17, 15) is 0 Å². The van der Waals surface area contributed by atoms with Gasteiger partial charge in [0.05, 0.1) is 0 Å². The Morgan fingerprint density at radius 1 is 0.448 bits per heavy atom. The molecule has 0 aromatic heterocycles. The zero-order valence-corrected chi connectivity index (χ0v) is 15.9. The van der Waals surface area contributed by atoms with Crippen LogP contribution in [0.25, 0.3) is 54.2 Å². The van der Waals surface area contributed by atoms with Gasteiger partial charge in [0.25, 0.3) is 0 Å². The molecule has 6 aromatic rings. The fraction of sp³-hybridized carbons (Fsp3) is 0.0345. The SMILES string of the molecule is c1ccc2cc3c4c(ccc3cc2c1)Cc1c-4ccc2c1ccc1ccccc12. The van der Waals surface area contributed by atoms with E-state index in [2.05, 4.69) is 97.1 Å². The first-order valence-electron chi connectivity index (χ1n) is 10.2. The lowest BCUT2D eigenvalue weighted by Gasteiger charge is -2.11. The number of hydrogen-bond donors (Lipinski definition) is 0. The third-order valence-corrected chi connectivity index (χ3v) is 6.65. The maximum Gasteiger partial charge on any atom is -0.000705 e. The van der Waals surface area contributed by atoms with Gasteiger partial charge >= 0.3 is 0 Å². The van der Waals surface area contributed by atoms with E-state index in [0.717, 1.165) is 6.42 Å². The maximum absolute atomic E-state index is 2.38. The molecule has 0 atom stereocenters. The lowest BCUT2D eigenvalue weighted by Crippen LogP contribution is -1.85. The lowest BCUT2D eigenvalue weighted by molar-refractivity contribution is 1.29. The molecule has 0 bridgehead atoms. The topological polar surface area (TPSA) is 0 Å². The summed E-state index contributed by atoms with van der Waals surface area (Å²) in [7, 11) is 0. The van der Waals surface area contributed by atoms with Crippen LogP contribution in [0.5, 0.6) is 0 Å². The molecule has 0 nitrogen and oxygen atoms in total. The van der Waals surface area contributed by atoms with Crippen molar-refractivity contribution in [3.8, 4) is 11.1 Å². The smallest absolute Gasteiger partial charge is 0.000705 e. The van der Waals surface area contributed by atoms with E-state index in [0.29, 0.717) is 0 Å². The van der Waals surface area contributed by atoms with Crippen molar-refractivity contribution in [2.24, 2.45) is 0 Å². The van der Waals surface area contributed by atoms with Gasteiger partial charge in [-0.2, -0.15) is 0 Å². The Balaban J connectivity index is 1.58. The van der Waals surface area contributed by atoms with Crippen molar-refractivity contribution >= 4 is 43.1 Å². The summed E-state index contributed by atoms with van der Waals surface area (Å²) in [6.07, 6.45) is 1.02. The van der Waals surface area contributed by atoms with Crippen LogP contribution in [0.4, 0.5) is 0 Å². The Morgan fingerprint density at radius 3 is 2.07 bits per heavy atom. The minimum atomic E-state index is 1.02. The largest absolute Gasteiger partial charge is 0.0616 e. The zero-order valence-electron chi connectivity index (χ0n) is 15.9. The van der Waals surface area contributed by atoms with Crippen molar-refractivity contribution in [3.05, 3.63) is 108 Å². The summed E-state index contributed by atoms with van der Waals surface area (Å²) in [5, 5.41) is 10.7. The minimum Gasteiger partial charge on any atom is -0.0616 e. The van der Waals surface area contributed by atoms with E-state index in [1.165, 1.54) is 65.3 Å². The van der Waals surface area contributed by atoms with Crippen LogP contribution in [0.3, 0.4) is 0 Å². The van der Waals surface area contributed by atoms with E-state index in [1.54, 1.807) is 0 Å². The predicted molar refractivity (Wildman–Crippen MR) is 125 cm³/mol. The number of fused-ring (bicyclic) bond motifs is 10. The molecule has 1 aliphatic carbocycles. The molecule has 6 aromatic carbocycles. The average molecular weight is 366 g/mol. The summed E-state index contributed by atoms with van der Waals surface area (Å²) >= 11 is 0. The van der Waals surface area contributed by atoms with Crippen LogP contribution in [-0.4, -0.2) is 0 Å². The molecule has 0 saturated heterocycles. The highest BCUT2D eigenvalue weighted by Gasteiger charge is 2.23. The summed E-state index contributed by atoms with van der Waals surface area (Å²) in [4.78, 5) is 0. The highest BCUT2D eigenvalue weighted by molar-refractivity contribution is 6.13. The third kappa shape index (κ3) is 2.04. The Kier molecular flexibility index (Phi) is 2.88. The van der Waals surface area contributed by atoms with Crippen molar-refractivity contribution in [1.82, 2.24) is 0 Å². The second-order valence-electron chi connectivity index (χ2n) is 8.17. The van der Waals surface area contributed by atoms with Crippen molar-refractivity contribution in [2.45, 2.75) is 6.42 Å². The number of hydrogen-bond acceptors (Lipinski definition) is 0. The summed E-state index contributed by atoms with van der Waals surface area (Å²) in [5.41, 5.74) is 5.76.